The smallest absolute Gasteiger partial charge is 0.137 e. The number of hydrogen-bond acceptors (Lipinski definition) is 2. The van der Waals surface area contributed by atoms with Gasteiger partial charge < -0.3 is 10.5 Å². The average Bonchev–Trinajstić information content (AvgIpc) is 2.34. The number of hydrogen-bond donors (Lipinski definition) is 1. The first kappa shape index (κ1) is 13.1. The molecular weight excluding hydrogens is 297 g/mol. The zero-order valence-corrected chi connectivity index (χ0v) is 11.4. The number of benzene rings is 2. The lowest BCUT2D eigenvalue weighted by molar-refractivity contribution is 0.479. The van der Waals surface area contributed by atoms with Crippen LogP contribution in [0.2, 0.25) is 0 Å². The molecule has 0 spiro atoms. The summed E-state index contributed by atoms with van der Waals surface area (Å²) in [6, 6.07) is 12.0. The number of ether oxygens (including phenoxy) is 1. The summed E-state index contributed by atoms with van der Waals surface area (Å²) in [5, 5.41) is 0. The summed E-state index contributed by atoms with van der Waals surface area (Å²) in [5.74, 6) is 0.962. The Balaban J connectivity index is 2.15. The quantitative estimate of drug-likeness (QED) is 0.912. The molecule has 0 amide bonds. The van der Waals surface area contributed by atoms with Gasteiger partial charge >= 0.3 is 0 Å². The van der Waals surface area contributed by atoms with E-state index in [1.165, 1.54) is 6.07 Å². The summed E-state index contributed by atoms with van der Waals surface area (Å²) < 4.78 is 19.1. The first-order valence-electron chi connectivity index (χ1n) is 5.54. The maximum absolute atomic E-state index is 13.1. The Hall–Kier alpha value is -1.39. The molecule has 0 saturated carbocycles. The largest absolute Gasteiger partial charge is 0.457 e. The Kier molecular flexibility index (Phi) is 3.99. The predicted molar refractivity (Wildman–Crippen MR) is 73.2 cm³/mol. The van der Waals surface area contributed by atoms with E-state index in [0.29, 0.717) is 16.0 Å². The first-order valence-corrected chi connectivity index (χ1v) is 6.34. The summed E-state index contributed by atoms with van der Waals surface area (Å²) in [5.41, 5.74) is 6.81. The molecule has 2 aromatic carbocycles. The van der Waals surface area contributed by atoms with E-state index in [-0.39, 0.29) is 11.9 Å². The van der Waals surface area contributed by atoms with Gasteiger partial charge in [-0.1, -0.05) is 12.1 Å². The highest BCUT2D eigenvalue weighted by atomic mass is 79.9. The van der Waals surface area contributed by atoms with Crippen molar-refractivity contribution < 1.29 is 9.13 Å². The molecule has 1 unspecified atom stereocenters. The highest BCUT2D eigenvalue weighted by Crippen LogP contribution is 2.27. The van der Waals surface area contributed by atoms with E-state index in [1.807, 2.05) is 31.2 Å². The lowest BCUT2D eigenvalue weighted by Gasteiger charge is -2.09. The first-order chi connectivity index (χ1) is 8.56. The maximum atomic E-state index is 13.1. The zero-order valence-electron chi connectivity index (χ0n) is 9.86. The van der Waals surface area contributed by atoms with Gasteiger partial charge in [0.25, 0.3) is 0 Å². The second-order valence-corrected chi connectivity index (χ2v) is 4.89. The SMILES string of the molecule is CC(N)c1ccc(Oc2ccc(F)c(Br)c2)cc1. The van der Waals surface area contributed by atoms with Crippen molar-refractivity contribution in [3.8, 4) is 11.5 Å². The molecule has 0 aliphatic rings. The zero-order chi connectivity index (χ0) is 13.1. The van der Waals surface area contributed by atoms with Gasteiger partial charge in [-0.05, 0) is 58.7 Å². The molecule has 2 aromatic rings. The van der Waals surface area contributed by atoms with E-state index in [4.69, 9.17) is 10.5 Å². The van der Waals surface area contributed by atoms with E-state index in [9.17, 15) is 4.39 Å². The summed E-state index contributed by atoms with van der Waals surface area (Å²) in [4.78, 5) is 0. The van der Waals surface area contributed by atoms with Crippen molar-refractivity contribution in [2.24, 2.45) is 5.73 Å². The topological polar surface area (TPSA) is 35.2 Å². The molecule has 0 bridgehead atoms. The molecule has 0 radical (unpaired) electrons. The third-order valence-electron chi connectivity index (χ3n) is 2.53. The molecule has 2 N–H and O–H groups in total. The van der Waals surface area contributed by atoms with E-state index >= 15 is 0 Å². The Morgan fingerprint density at radius 3 is 2.28 bits per heavy atom. The van der Waals surface area contributed by atoms with Gasteiger partial charge in [-0.25, -0.2) is 4.39 Å². The molecule has 0 fully saturated rings. The highest BCUT2D eigenvalue weighted by molar-refractivity contribution is 9.10. The molecule has 94 valence electrons. The van der Waals surface area contributed by atoms with Crippen LogP contribution in [0, 0.1) is 5.82 Å². The molecule has 0 saturated heterocycles. The van der Waals surface area contributed by atoms with Crippen LogP contribution in [-0.2, 0) is 0 Å². The molecule has 18 heavy (non-hydrogen) atoms. The summed E-state index contributed by atoms with van der Waals surface area (Å²) in [6.07, 6.45) is 0. The maximum Gasteiger partial charge on any atom is 0.137 e. The Bertz CT molecular complexity index is 540. The van der Waals surface area contributed by atoms with Crippen LogP contribution in [0.5, 0.6) is 11.5 Å². The molecule has 0 aliphatic heterocycles. The Morgan fingerprint density at radius 1 is 1.11 bits per heavy atom. The van der Waals surface area contributed by atoms with E-state index in [2.05, 4.69) is 15.9 Å². The lowest BCUT2D eigenvalue weighted by Crippen LogP contribution is -2.04. The fraction of sp³-hybridized carbons (Fsp3) is 0.143. The predicted octanol–water partition coefficient (Wildman–Crippen LogP) is 4.40. The number of halogens is 2. The summed E-state index contributed by atoms with van der Waals surface area (Å²) >= 11 is 3.12. The van der Waals surface area contributed by atoms with Crippen molar-refractivity contribution in [3.05, 3.63) is 58.3 Å². The third-order valence-corrected chi connectivity index (χ3v) is 3.14. The minimum Gasteiger partial charge on any atom is -0.457 e. The Morgan fingerprint density at radius 2 is 1.72 bits per heavy atom. The van der Waals surface area contributed by atoms with Crippen LogP contribution in [-0.4, -0.2) is 0 Å². The molecule has 4 heteroatoms. The number of nitrogens with two attached hydrogens (primary N) is 1. The van der Waals surface area contributed by atoms with Gasteiger partial charge in [0.15, 0.2) is 0 Å². The normalized spacial score (nSPS) is 12.2. The molecular formula is C14H13BrFNO. The Labute approximate surface area is 114 Å². The van der Waals surface area contributed by atoms with Gasteiger partial charge in [0, 0.05) is 6.04 Å². The van der Waals surface area contributed by atoms with E-state index in [1.54, 1.807) is 12.1 Å². The van der Waals surface area contributed by atoms with Gasteiger partial charge in [-0.3, -0.25) is 0 Å². The second kappa shape index (κ2) is 5.50. The van der Waals surface area contributed by atoms with Crippen molar-refractivity contribution in [2.45, 2.75) is 13.0 Å². The number of rotatable bonds is 3. The minimum absolute atomic E-state index is 0.000911. The van der Waals surface area contributed by atoms with Crippen molar-refractivity contribution in [3.63, 3.8) is 0 Å². The third kappa shape index (κ3) is 3.09. The van der Waals surface area contributed by atoms with Gasteiger partial charge in [0.2, 0.25) is 0 Å². The highest BCUT2D eigenvalue weighted by Gasteiger charge is 2.03. The molecule has 2 nitrogen and oxygen atoms in total. The van der Waals surface area contributed by atoms with Gasteiger partial charge in [0.1, 0.15) is 17.3 Å². The van der Waals surface area contributed by atoms with Crippen LogP contribution in [0.1, 0.15) is 18.5 Å². The van der Waals surface area contributed by atoms with Crippen LogP contribution in [0.15, 0.2) is 46.9 Å². The van der Waals surface area contributed by atoms with Gasteiger partial charge in [0.05, 0.1) is 4.47 Å². The minimum atomic E-state index is -0.311. The lowest BCUT2D eigenvalue weighted by atomic mass is 10.1. The van der Waals surface area contributed by atoms with Crippen molar-refractivity contribution >= 4 is 15.9 Å². The monoisotopic (exact) mass is 309 g/mol. The molecule has 1 atom stereocenters. The van der Waals surface area contributed by atoms with Crippen LogP contribution in [0.4, 0.5) is 4.39 Å². The molecule has 0 heterocycles. The van der Waals surface area contributed by atoms with Gasteiger partial charge in [-0.15, -0.1) is 0 Å². The van der Waals surface area contributed by atoms with E-state index in [0.717, 1.165) is 5.56 Å². The second-order valence-electron chi connectivity index (χ2n) is 4.04. The molecule has 0 aliphatic carbocycles. The average molecular weight is 310 g/mol. The van der Waals surface area contributed by atoms with Crippen molar-refractivity contribution in [1.82, 2.24) is 0 Å². The van der Waals surface area contributed by atoms with Gasteiger partial charge in [-0.2, -0.15) is 0 Å². The van der Waals surface area contributed by atoms with Crippen molar-refractivity contribution in [1.29, 1.82) is 0 Å². The summed E-state index contributed by atoms with van der Waals surface area (Å²) in [6.45, 7) is 1.92. The summed E-state index contributed by atoms with van der Waals surface area (Å²) in [7, 11) is 0. The fourth-order valence-corrected chi connectivity index (χ4v) is 1.87. The molecule has 2 rings (SSSR count). The fourth-order valence-electron chi connectivity index (χ4n) is 1.52. The van der Waals surface area contributed by atoms with Crippen LogP contribution in [0.25, 0.3) is 0 Å². The van der Waals surface area contributed by atoms with E-state index < -0.39 is 0 Å². The molecule has 0 aromatic heterocycles. The van der Waals surface area contributed by atoms with Crippen LogP contribution < -0.4 is 10.5 Å². The van der Waals surface area contributed by atoms with Crippen molar-refractivity contribution in [2.75, 3.05) is 0 Å². The van der Waals surface area contributed by atoms with Crippen LogP contribution in [0.3, 0.4) is 0 Å². The van der Waals surface area contributed by atoms with Crippen LogP contribution >= 0.6 is 15.9 Å². The standard InChI is InChI=1S/C14H13BrFNO/c1-9(17)10-2-4-11(5-3-10)18-12-6-7-14(16)13(15)8-12/h2-9H,17H2,1H3.